The Morgan fingerprint density at radius 3 is 2.35 bits per heavy atom. The maximum atomic E-state index is 10.7. The molecule has 4 heteroatoms. The fourth-order valence-corrected chi connectivity index (χ4v) is 2.61. The Morgan fingerprint density at radius 1 is 1.29 bits per heavy atom. The molecular formula is C13H27NO3. The van der Waals surface area contributed by atoms with Gasteiger partial charge in [0, 0.05) is 5.92 Å². The molecule has 1 aliphatic rings. The van der Waals surface area contributed by atoms with Crippen molar-refractivity contribution in [1.82, 2.24) is 5.23 Å². The molecule has 0 heterocycles. The molecule has 102 valence electrons. The average molecular weight is 245 g/mol. The molecule has 2 atom stereocenters. The summed E-state index contributed by atoms with van der Waals surface area (Å²) < 4.78 is 0. The third-order valence-electron chi connectivity index (χ3n) is 3.40. The molecule has 0 radical (unpaired) electrons. The maximum absolute atomic E-state index is 10.7. The lowest BCUT2D eigenvalue weighted by Gasteiger charge is -2.46. The smallest absolute Gasteiger partial charge is 0.170 e. The highest BCUT2D eigenvalue weighted by Gasteiger charge is 2.47. The monoisotopic (exact) mass is 245 g/mol. The van der Waals surface area contributed by atoms with E-state index in [1.807, 2.05) is 20.8 Å². The van der Waals surface area contributed by atoms with Crippen LogP contribution >= 0.6 is 0 Å². The van der Waals surface area contributed by atoms with Crippen LogP contribution in [0.3, 0.4) is 0 Å². The van der Waals surface area contributed by atoms with Crippen LogP contribution in [0.5, 0.6) is 0 Å². The normalized spacial score (nSPS) is 31.2. The molecule has 2 N–H and O–H groups in total. The van der Waals surface area contributed by atoms with Gasteiger partial charge in [0.2, 0.25) is 0 Å². The Balaban J connectivity index is 2.81. The summed E-state index contributed by atoms with van der Waals surface area (Å²) in [5.41, 5.74) is -1.76. The molecule has 0 aromatic carbocycles. The molecule has 1 fully saturated rings. The van der Waals surface area contributed by atoms with Crippen molar-refractivity contribution in [2.24, 2.45) is 11.8 Å². The summed E-state index contributed by atoms with van der Waals surface area (Å²) in [5.74, 6) is 0.363. The molecule has 0 aromatic rings. The molecule has 0 aliphatic heterocycles. The van der Waals surface area contributed by atoms with Gasteiger partial charge in [0.1, 0.15) is 0 Å². The highest BCUT2D eigenvalue weighted by Crippen LogP contribution is 2.40. The highest BCUT2D eigenvalue weighted by molar-refractivity contribution is 4.87. The molecule has 2 unspecified atom stereocenters. The maximum Gasteiger partial charge on any atom is 0.170 e. The minimum atomic E-state index is -1.25. The van der Waals surface area contributed by atoms with Crippen molar-refractivity contribution in [2.75, 3.05) is 0 Å². The van der Waals surface area contributed by atoms with Gasteiger partial charge in [-0.15, -0.1) is 0 Å². The number of rotatable bonds is 3. The van der Waals surface area contributed by atoms with E-state index in [0.717, 1.165) is 19.3 Å². The third-order valence-corrected chi connectivity index (χ3v) is 3.40. The van der Waals surface area contributed by atoms with Crippen LogP contribution in [0.4, 0.5) is 0 Å². The topological polar surface area (TPSA) is 52.9 Å². The first-order chi connectivity index (χ1) is 7.67. The number of hydrogen-bond donors (Lipinski definition) is 2. The largest absolute Gasteiger partial charge is 0.371 e. The third kappa shape index (κ3) is 3.65. The fraction of sp³-hybridized carbons (Fsp3) is 1.00. The van der Waals surface area contributed by atoms with Gasteiger partial charge >= 0.3 is 0 Å². The van der Waals surface area contributed by atoms with E-state index in [9.17, 15) is 10.3 Å². The zero-order chi connectivity index (χ0) is 13.3. The molecule has 17 heavy (non-hydrogen) atoms. The molecule has 1 saturated carbocycles. The summed E-state index contributed by atoms with van der Waals surface area (Å²) in [6, 6.07) is 0. The molecule has 1 rings (SSSR count). The van der Waals surface area contributed by atoms with Gasteiger partial charge in [0.15, 0.2) is 5.72 Å². The van der Waals surface area contributed by atoms with Gasteiger partial charge in [-0.2, -0.15) is 0 Å². The summed E-state index contributed by atoms with van der Waals surface area (Å²) in [6.45, 7) is 9.71. The molecule has 0 bridgehead atoms. The average Bonchev–Trinajstić information content (AvgIpc) is 2.15. The molecule has 4 nitrogen and oxygen atoms in total. The van der Waals surface area contributed by atoms with E-state index in [2.05, 4.69) is 13.8 Å². The van der Waals surface area contributed by atoms with E-state index < -0.39 is 11.3 Å². The van der Waals surface area contributed by atoms with Gasteiger partial charge in [-0.05, 0) is 51.2 Å². The molecule has 0 aromatic heterocycles. The zero-order valence-corrected chi connectivity index (χ0v) is 11.7. The van der Waals surface area contributed by atoms with E-state index in [1.54, 1.807) is 0 Å². The summed E-state index contributed by atoms with van der Waals surface area (Å²) in [7, 11) is 0. The number of aliphatic hydroxyl groups is 1. The van der Waals surface area contributed by atoms with Crippen molar-refractivity contribution >= 4 is 0 Å². The second-order valence-corrected chi connectivity index (χ2v) is 6.45. The van der Waals surface area contributed by atoms with Crippen molar-refractivity contribution in [3.05, 3.63) is 0 Å². The van der Waals surface area contributed by atoms with Crippen LogP contribution in [-0.2, 0) is 4.84 Å². The van der Waals surface area contributed by atoms with Gasteiger partial charge < -0.3 is 5.11 Å². The molecule has 0 amide bonds. The van der Waals surface area contributed by atoms with Gasteiger partial charge in [0.05, 0.1) is 5.60 Å². The first-order valence-corrected chi connectivity index (χ1v) is 6.57. The van der Waals surface area contributed by atoms with Crippen LogP contribution in [0.25, 0.3) is 0 Å². The Kier molecular flexibility index (Phi) is 4.58. The van der Waals surface area contributed by atoms with E-state index in [1.165, 1.54) is 0 Å². The number of nitrogens with zero attached hydrogens (tertiary/aromatic N) is 1. The summed E-state index contributed by atoms with van der Waals surface area (Å²) >= 11 is 0. The van der Waals surface area contributed by atoms with E-state index >= 15 is 0 Å². The number of hydroxylamine groups is 2. The van der Waals surface area contributed by atoms with E-state index in [4.69, 9.17) is 4.84 Å². The standard InChI is InChI=1S/C13H27NO3/c1-10(2)11-8-6-7-9-13(11,15)14(16)17-12(3,4)5/h10-11,15-16H,6-9H2,1-5H3. The second-order valence-electron chi connectivity index (χ2n) is 6.45. The van der Waals surface area contributed by atoms with Gasteiger partial charge in [-0.1, -0.05) is 20.3 Å². The molecule has 1 aliphatic carbocycles. The van der Waals surface area contributed by atoms with Crippen LogP contribution in [0.1, 0.15) is 60.3 Å². The Bertz CT molecular complexity index is 250. The Hall–Kier alpha value is -0.160. The van der Waals surface area contributed by atoms with Gasteiger partial charge in [-0.25, -0.2) is 0 Å². The van der Waals surface area contributed by atoms with Crippen molar-refractivity contribution < 1.29 is 15.2 Å². The summed E-state index contributed by atoms with van der Waals surface area (Å²) in [6.07, 6.45) is 3.51. The first kappa shape index (κ1) is 14.9. The number of hydrogen-bond acceptors (Lipinski definition) is 4. The van der Waals surface area contributed by atoms with Crippen LogP contribution in [0.2, 0.25) is 0 Å². The predicted octanol–water partition coefficient (Wildman–Crippen LogP) is 2.94. The van der Waals surface area contributed by atoms with Crippen molar-refractivity contribution in [3.8, 4) is 0 Å². The van der Waals surface area contributed by atoms with Gasteiger partial charge in [0.25, 0.3) is 0 Å². The minimum Gasteiger partial charge on any atom is -0.371 e. The zero-order valence-electron chi connectivity index (χ0n) is 11.7. The van der Waals surface area contributed by atoms with E-state index in [0.29, 0.717) is 17.6 Å². The molecule has 0 spiro atoms. The molecular weight excluding hydrogens is 218 g/mol. The lowest BCUT2D eigenvalue weighted by molar-refractivity contribution is -0.475. The first-order valence-electron chi connectivity index (χ1n) is 6.57. The lowest BCUT2D eigenvalue weighted by atomic mass is 9.75. The van der Waals surface area contributed by atoms with Crippen LogP contribution in [0.15, 0.2) is 0 Å². The second kappa shape index (κ2) is 5.22. The Morgan fingerprint density at radius 2 is 1.88 bits per heavy atom. The highest BCUT2D eigenvalue weighted by atomic mass is 16.9. The van der Waals surface area contributed by atoms with Crippen LogP contribution in [0, 0.1) is 11.8 Å². The minimum absolute atomic E-state index is 0.0450. The quantitative estimate of drug-likeness (QED) is 0.593. The summed E-state index contributed by atoms with van der Waals surface area (Å²) in [5, 5.41) is 21.4. The SMILES string of the molecule is CC(C)C1CCCCC1(O)N(O)OC(C)(C)C. The lowest BCUT2D eigenvalue weighted by Crippen LogP contribution is -2.57. The summed E-state index contributed by atoms with van der Waals surface area (Å²) in [4.78, 5) is 5.40. The van der Waals surface area contributed by atoms with Crippen molar-refractivity contribution in [3.63, 3.8) is 0 Å². The fourth-order valence-electron chi connectivity index (χ4n) is 2.61. The van der Waals surface area contributed by atoms with Crippen molar-refractivity contribution in [2.45, 2.75) is 71.6 Å². The van der Waals surface area contributed by atoms with E-state index in [-0.39, 0.29) is 5.92 Å². The van der Waals surface area contributed by atoms with Crippen LogP contribution < -0.4 is 0 Å². The van der Waals surface area contributed by atoms with Gasteiger partial charge in [-0.3, -0.25) is 10.0 Å². The van der Waals surface area contributed by atoms with Crippen LogP contribution in [-0.4, -0.2) is 26.9 Å². The Labute approximate surface area is 104 Å². The van der Waals surface area contributed by atoms with Crippen molar-refractivity contribution in [1.29, 1.82) is 0 Å². The molecule has 0 saturated heterocycles. The predicted molar refractivity (Wildman–Crippen MR) is 66.2 cm³/mol.